The van der Waals surface area contributed by atoms with E-state index in [2.05, 4.69) is 22.2 Å². The van der Waals surface area contributed by atoms with Crippen molar-refractivity contribution in [1.82, 2.24) is 14.8 Å². The quantitative estimate of drug-likeness (QED) is 0.796. The molecule has 0 aliphatic heterocycles. The van der Waals surface area contributed by atoms with E-state index in [0.29, 0.717) is 12.1 Å². The summed E-state index contributed by atoms with van der Waals surface area (Å²) in [6.45, 7) is 1.93. The molecule has 0 bridgehead atoms. The van der Waals surface area contributed by atoms with Crippen molar-refractivity contribution in [1.29, 1.82) is 0 Å². The molecule has 0 amide bonds. The monoisotopic (exact) mass is 279 g/mol. The molecule has 0 fully saturated rings. The summed E-state index contributed by atoms with van der Waals surface area (Å²) in [6.07, 6.45) is 5.70. The molecule has 3 aromatic rings. The Balaban J connectivity index is 1.86. The van der Waals surface area contributed by atoms with Crippen LogP contribution in [-0.2, 0) is 0 Å². The summed E-state index contributed by atoms with van der Waals surface area (Å²) in [5.41, 5.74) is 3.77. The van der Waals surface area contributed by atoms with Gasteiger partial charge in [0.2, 0.25) is 0 Å². The molecule has 3 rings (SSSR count). The molecule has 0 aliphatic carbocycles. The Bertz CT molecular complexity index is 704. The van der Waals surface area contributed by atoms with Gasteiger partial charge in [0, 0.05) is 11.8 Å². The molecule has 0 radical (unpaired) electrons. The molecular weight excluding hydrogens is 262 g/mol. The number of pyridine rings is 1. The van der Waals surface area contributed by atoms with E-state index in [1.807, 2.05) is 49.6 Å². The summed E-state index contributed by atoms with van der Waals surface area (Å²) in [7, 11) is 0. The summed E-state index contributed by atoms with van der Waals surface area (Å²) in [4.78, 5) is 4.30. The van der Waals surface area contributed by atoms with Gasteiger partial charge in [-0.2, -0.15) is 5.10 Å². The first-order chi connectivity index (χ1) is 10.3. The summed E-state index contributed by atoms with van der Waals surface area (Å²) in [5.74, 6) is 0. The van der Waals surface area contributed by atoms with Crippen LogP contribution < -0.4 is 0 Å². The van der Waals surface area contributed by atoms with Crippen molar-refractivity contribution in [2.75, 3.05) is 0 Å². The molecule has 0 aliphatic rings. The number of hydrogen-bond donors (Lipinski definition) is 1. The fourth-order valence-corrected chi connectivity index (χ4v) is 2.18. The zero-order valence-corrected chi connectivity index (χ0v) is 11.8. The minimum Gasteiger partial charge on any atom is -0.387 e. The highest BCUT2D eigenvalue weighted by Gasteiger charge is 2.07. The van der Waals surface area contributed by atoms with E-state index in [0.717, 1.165) is 16.8 Å². The third-order valence-corrected chi connectivity index (χ3v) is 3.45. The lowest BCUT2D eigenvalue weighted by atomic mass is 10.1. The third kappa shape index (κ3) is 2.85. The zero-order valence-electron chi connectivity index (χ0n) is 11.8. The minimum atomic E-state index is -0.503. The number of benzene rings is 1. The Labute approximate surface area is 123 Å². The molecular formula is C17H17N3O. The van der Waals surface area contributed by atoms with E-state index in [1.54, 1.807) is 10.9 Å². The van der Waals surface area contributed by atoms with Crippen molar-refractivity contribution in [2.24, 2.45) is 0 Å². The predicted molar refractivity (Wildman–Crippen MR) is 82.0 cm³/mol. The average Bonchev–Trinajstić information content (AvgIpc) is 3.05. The van der Waals surface area contributed by atoms with Crippen LogP contribution in [0.15, 0.2) is 61.1 Å². The Hall–Kier alpha value is -2.46. The highest BCUT2D eigenvalue weighted by molar-refractivity contribution is 5.61. The van der Waals surface area contributed by atoms with Crippen LogP contribution in [0, 0.1) is 0 Å². The molecule has 1 aromatic carbocycles. The van der Waals surface area contributed by atoms with Crippen molar-refractivity contribution >= 4 is 0 Å². The molecule has 2 heterocycles. The lowest BCUT2D eigenvalue weighted by molar-refractivity contribution is 0.169. The molecule has 0 saturated heterocycles. The van der Waals surface area contributed by atoms with Crippen molar-refractivity contribution in [3.63, 3.8) is 0 Å². The largest absolute Gasteiger partial charge is 0.387 e. The van der Waals surface area contributed by atoms with E-state index in [1.165, 1.54) is 0 Å². The van der Waals surface area contributed by atoms with Gasteiger partial charge in [0.25, 0.3) is 0 Å². The molecule has 21 heavy (non-hydrogen) atoms. The second kappa shape index (κ2) is 5.89. The maximum absolute atomic E-state index is 9.76. The normalized spacial score (nSPS) is 12.3. The molecule has 1 N–H and O–H groups in total. The van der Waals surface area contributed by atoms with Crippen molar-refractivity contribution < 1.29 is 5.11 Å². The second-order valence-electron chi connectivity index (χ2n) is 4.90. The van der Waals surface area contributed by atoms with Gasteiger partial charge in [-0.1, -0.05) is 37.3 Å². The SMILES string of the molecule is CC[C@@H](O)c1ccc(-n2cc(-c3ccccc3)cn2)cn1. The van der Waals surface area contributed by atoms with Gasteiger partial charge in [-0.05, 0) is 24.1 Å². The fraction of sp³-hybridized carbons (Fsp3) is 0.176. The average molecular weight is 279 g/mol. The summed E-state index contributed by atoms with van der Waals surface area (Å²) in [5, 5.41) is 14.1. The highest BCUT2D eigenvalue weighted by atomic mass is 16.3. The number of rotatable bonds is 4. The van der Waals surface area contributed by atoms with Crippen LogP contribution >= 0.6 is 0 Å². The Morgan fingerprint density at radius 3 is 2.52 bits per heavy atom. The maximum Gasteiger partial charge on any atom is 0.0957 e. The van der Waals surface area contributed by atoms with E-state index in [9.17, 15) is 5.11 Å². The van der Waals surface area contributed by atoms with E-state index in [4.69, 9.17) is 0 Å². The smallest absolute Gasteiger partial charge is 0.0957 e. The van der Waals surface area contributed by atoms with Crippen molar-refractivity contribution in [3.05, 3.63) is 66.7 Å². The van der Waals surface area contributed by atoms with E-state index in [-0.39, 0.29) is 0 Å². The number of aliphatic hydroxyl groups excluding tert-OH is 1. The van der Waals surface area contributed by atoms with Gasteiger partial charge in [-0.3, -0.25) is 4.98 Å². The van der Waals surface area contributed by atoms with Gasteiger partial charge in [0.05, 0.1) is 29.9 Å². The van der Waals surface area contributed by atoms with Crippen LogP contribution in [-0.4, -0.2) is 19.9 Å². The van der Waals surface area contributed by atoms with Gasteiger partial charge in [-0.15, -0.1) is 0 Å². The van der Waals surface area contributed by atoms with Crippen molar-refractivity contribution in [2.45, 2.75) is 19.4 Å². The Morgan fingerprint density at radius 1 is 1.05 bits per heavy atom. The first kappa shape index (κ1) is 13.5. The molecule has 0 saturated carbocycles. The number of aliphatic hydroxyl groups is 1. The standard InChI is InChI=1S/C17H17N3O/c1-2-17(21)16-9-8-15(11-18-16)20-12-14(10-19-20)13-6-4-3-5-7-13/h3-12,17,21H,2H2,1H3/t17-/m1/s1. The third-order valence-electron chi connectivity index (χ3n) is 3.45. The van der Waals surface area contributed by atoms with Crippen LogP contribution in [0.5, 0.6) is 0 Å². The lowest BCUT2D eigenvalue weighted by Gasteiger charge is -2.07. The van der Waals surface area contributed by atoms with Crippen LogP contribution in [0.3, 0.4) is 0 Å². The number of nitrogens with zero attached hydrogens (tertiary/aromatic N) is 3. The summed E-state index contributed by atoms with van der Waals surface area (Å²) < 4.78 is 1.79. The second-order valence-corrected chi connectivity index (χ2v) is 4.90. The Morgan fingerprint density at radius 2 is 1.86 bits per heavy atom. The van der Waals surface area contributed by atoms with Gasteiger partial charge in [0.15, 0.2) is 0 Å². The van der Waals surface area contributed by atoms with Gasteiger partial charge in [-0.25, -0.2) is 4.68 Å². The molecule has 4 heteroatoms. The summed E-state index contributed by atoms with van der Waals surface area (Å²) in [6, 6.07) is 13.9. The molecule has 0 unspecified atom stereocenters. The fourth-order valence-electron chi connectivity index (χ4n) is 2.18. The zero-order chi connectivity index (χ0) is 14.7. The topological polar surface area (TPSA) is 50.9 Å². The molecule has 0 spiro atoms. The van der Waals surface area contributed by atoms with Crippen LogP contribution in [0.1, 0.15) is 25.1 Å². The predicted octanol–water partition coefficient (Wildman–Crippen LogP) is 3.38. The van der Waals surface area contributed by atoms with E-state index >= 15 is 0 Å². The van der Waals surface area contributed by atoms with Crippen LogP contribution in [0.2, 0.25) is 0 Å². The first-order valence-electron chi connectivity index (χ1n) is 7.02. The molecule has 2 aromatic heterocycles. The highest BCUT2D eigenvalue weighted by Crippen LogP contribution is 2.20. The van der Waals surface area contributed by atoms with Gasteiger partial charge >= 0.3 is 0 Å². The number of aromatic nitrogens is 3. The van der Waals surface area contributed by atoms with Gasteiger partial charge < -0.3 is 5.11 Å². The van der Waals surface area contributed by atoms with Gasteiger partial charge in [0.1, 0.15) is 0 Å². The summed E-state index contributed by atoms with van der Waals surface area (Å²) >= 11 is 0. The van der Waals surface area contributed by atoms with Crippen LogP contribution in [0.25, 0.3) is 16.8 Å². The van der Waals surface area contributed by atoms with Crippen molar-refractivity contribution in [3.8, 4) is 16.8 Å². The minimum absolute atomic E-state index is 0.503. The van der Waals surface area contributed by atoms with E-state index < -0.39 is 6.10 Å². The molecule has 106 valence electrons. The first-order valence-corrected chi connectivity index (χ1v) is 7.02. The maximum atomic E-state index is 9.76. The lowest BCUT2D eigenvalue weighted by Crippen LogP contribution is -2.01. The Kier molecular flexibility index (Phi) is 3.79. The molecule has 1 atom stereocenters. The number of hydrogen-bond acceptors (Lipinski definition) is 3. The molecule has 4 nitrogen and oxygen atoms in total. The van der Waals surface area contributed by atoms with Crippen LogP contribution in [0.4, 0.5) is 0 Å².